The van der Waals surface area contributed by atoms with E-state index in [0.717, 1.165) is 31.6 Å². The Morgan fingerprint density at radius 3 is 3.00 bits per heavy atom. The van der Waals surface area contributed by atoms with Gasteiger partial charge in [-0.1, -0.05) is 25.8 Å². The van der Waals surface area contributed by atoms with Gasteiger partial charge in [0.1, 0.15) is 0 Å². The lowest BCUT2D eigenvalue weighted by Gasteiger charge is -2.36. The fraction of sp³-hybridized carbons (Fsp3) is 0.833. The maximum Gasteiger partial charge on any atom is 0.0647 e. The molecule has 76 valence electrons. The van der Waals surface area contributed by atoms with Gasteiger partial charge in [-0.15, -0.1) is 6.58 Å². The molecule has 0 saturated heterocycles. The quantitative estimate of drug-likeness (QED) is 0.661. The lowest BCUT2D eigenvalue weighted by Crippen LogP contribution is -2.34. The standard InChI is InChI=1S/C12H22O/c1-3-5-7-11-8-6-9-12(13,4-2)10-11/h3,11,13H,1,4-10H2,2H3. The van der Waals surface area contributed by atoms with Crippen molar-refractivity contribution in [3.8, 4) is 0 Å². The average Bonchev–Trinajstić information content (AvgIpc) is 2.15. The van der Waals surface area contributed by atoms with E-state index >= 15 is 0 Å². The van der Waals surface area contributed by atoms with Crippen LogP contribution in [0.5, 0.6) is 0 Å². The zero-order valence-electron chi connectivity index (χ0n) is 8.76. The Balaban J connectivity index is 2.37. The lowest BCUT2D eigenvalue weighted by atomic mass is 9.75. The van der Waals surface area contributed by atoms with Crippen molar-refractivity contribution < 1.29 is 5.11 Å². The molecule has 1 nitrogen and oxygen atoms in total. The molecular weight excluding hydrogens is 160 g/mol. The number of allylic oxidation sites excluding steroid dienone is 1. The Morgan fingerprint density at radius 1 is 1.62 bits per heavy atom. The van der Waals surface area contributed by atoms with Crippen molar-refractivity contribution in [1.29, 1.82) is 0 Å². The monoisotopic (exact) mass is 182 g/mol. The van der Waals surface area contributed by atoms with Gasteiger partial charge in [-0.05, 0) is 38.0 Å². The lowest BCUT2D eigenvalue weighted by molar-refractivity contribution is -0.0203. The zero-order valence-corrected chi connectivity index (χ0v) is 8.76. The summed E-state index contributed by atoms with van der Waals surface area (Å²) in [4.78, 5) is 0. The van der Waals surface area contributed by atoms with Crippen LogP contribution in [0.4, 0.5) is 0 Å². The van der Waals surface area contributed by atoms with Crippen LogP contribution in [0.15, 0.2) is 12.7 Å². The molecule has 2 atom stereocenters. The predicted molar refractivity (Wildman–Crippen MR) is 56.6 cm³/mol. The van der Waals surface area contributed by atoms with Gasteiger partial charge in [0.05, 0.1) is 5.60 Å². The van der Waals surface area contributed by atoms with Crippen molar-refractivity contribution in [3.05, 3.63) is 12.7 Å². The second kappa shape index (κ2) is 4.80. The summed E-state index contributed by atoms with van der Waals surface area (Å²) in [5, 5.41) is 10.1. The molecule has 0 aromatic heterocycles. The highest BCUT2D eigenvalue weighted by atomic mass is 16.3. The smallest absolute Gasteiger partial charge is 0.0647 e. The number of hydrogen-bond acceptors (Lipinski definition) is 1. The maximum atomic E-state index is 10.1. The summed E-state index contributed by atoms with van der Waals surface area (Å²) in [5.74, 6) is 0.733. The molecule has 2 unspecified atom stereocenters. The third-order valence-electron chi connectivity index (χ3n) is 3.36. The van der Waals surface area contributed by atoms with Gasteiger partial charge in [0.2, 0.25) is 0 Å². The highest BCUT2D eigenvalue weighted by molar-refractivity contribution is 4.86. The summed E-state index contributed by atoms with van der Waals surface area (Å²) in [5.41, 5.74) is -0.343. The van der Waals surface area contributed by atoms with Crippen LogP contribution >= 0.6 is 0 Å². The Labute approximate surface area is 81.9 Å². The van der Waals surface area contributed by atoms with Crippen LogP contribution in [0.2, 0.25) is 0 Å². The molecule has 1 heteroatoms. The highest BCUT2D eigenvalue weighted by Gasteiger charge is 2.31. The van der Waals surface area contributed by atoms with Crippen LogP contribution in [-0.4, -0.2) is 10.7 Å². The molecule has 0 bridgehead atoms. The minimum absolute atomic E-state index is 0.343. The molecule has 0 amide bonds. The molecule has 1 rings (SSSR count). The van der Waals surface area contributed by atoms with E-state index in [9.17, 15) is 5.11 Å². The Hall–Kier alpha value is -0.300. The molecule has 1 fully saturated rings. The van der Waals surface area contributed by atoms with Gasteiger partial charge in [0, 0.05) is 0 Å². The first-order valence-corrected chi connectivity index (χ1v) is 5.53. The second-order valence-corrected chi connectivity index (χ2v) is 4.41. The van der Waals surface area contributed by atoms with Crippen molar-refractivity contribution in [1.82, 2.24) is 0 Å². The summed E-state index contributed by atoms with van der Waals surface area (Å²) in [6, 6.07) is 0. The Morgan fingerprint density at radius 2 is 2.38 bits per heavy atom. The van der Waals surface area contributed by atoms with Crippen LogP contribution in [0.25, 0.3) is 0 Å². The molecule has 0 aromatic carbocycles. The Bertz CT molecular complexity index is 165. The minimum atomic E-state index is -0.343. The fourth-order valence-corrected chi connectivity index (χ4v) is 2.38. The first kappa shape index (κ1) is 10.8. The van der Waals surface area contributed by atoms with Crippen LogP contribution in [0, 0.1) is 5.92 Å². The van der Waals surface area contributed by atoms with Gasteiger partial charge < -0.3 is 5.11 Å². The van der Waals surface area contributed by atoms with Gasteiger partial charge in [0.25, 0.3) is 0 Å². The summed E-state index contributed by atoms with van der Waals surface area (Å²) < 4.78 is 0. The van der Waals surface area contributed by atoms with E-state index in [-0.39, 0.29) is 5.60 Å². The zero-order chi connectivity index (χ0) is 9.73. The molecule has 0 aromatic rings. The Kier molecular flexibility index (Phi) is 3.98. The largest absolute Gasteiger partial charge is 0.390 e. The number of aliphatic hydroxyl groups is 1. The van der Waals surface area contributed by atoms with E-state index in [2.05, 4.69) is 13.5 Å². The van der Waals surface area contributed by atoms with Crippen LogP contribution < -0.4 is 0 Å². The fourth-order valence-electron chi connectivity index (χ4n) is 2.38. The van der Waals surface area contributed by atoms with Crippen LogP contribution in [0.3, 0.4) is 0 Å². The van der Waals surface area contributed by atoms with Crippen molar-refractivity contribution in [2.75, 3.05) is 0 Å². The summed E-state index contributed by atoms with van der Waals surface area (Å²) >= 11 is 0. The van der Waals surface area contributed by atoms with Crippen molar-refractivity contribution >= 4 is 0 Å². The number of rotatable bonds is 4. The normalized spacial score (nSPS) is 34.5. The molecule has 1 saturated carbocycles. The molecule has 0 spiro atoms. The number of hydrogen-bond donors (Lipinski definition) is 1. The van der Waals surface area contributed by atoms with E-state index in [0.29, 0.717) is 0 Å². The second-order valence-electron chi connectivity index (χ2n) is 4.41. The summed E-state index contributed by atoms with van der Waals surface area (Å²) in [6.07, 6.45) is 9.74. The topological polar surface area (TPSA) is 20.2 Å². The predicted octanol–water partition coefficient (Wildman–Crippen LogP) is 3.28. The molecular formula is C12H22O. The highest BCUT2D eigenvalue weighted by Crippen LogP contribution is 2.36. The van der Waals surface area contributed by atoms with Crippen molar-refractivity contribution in [2.24, 2.45) is 5.92 Å². The van der Waals surface area contributed by atoms with Crippen molar-refractivity contribution in [2.45, 2.75) is 57.5 Å². The first-order chi connectivity index (χ1) is 6.20. The third-order valence-corrected chi connectivity index (χ3v) is 3.36. The maximum absolute atomic E-state index is 10.1. The third kappa shape index (κ3) is 3.15. The molecule has 13 heavy (non-hydrogen) atoms. The molecule has 0 radical (unpaired) electrons. The van der Waals surface area contributed by atoms with Gasteiger partial charge in [-0.25, -0.2) is 0 Å². The molecule has 1 aliphatic rings. The van der Waals surface area contributed by atoms with E-state index in [4.69, 9.17) is 0 Å². The van der Waals surface area contributed by atoms with Crippen LogP contribution in [0.1, 0.15) is 51.9 Å². The molecule has 0 aliphatic heterocycles. The minimum Gasteiger partial charge on any atom is -0.390 e. The molecule has 1 aliphatic carbocycles. The van der Waals surface area contributed by atoms with E-state index in [1.54, 1.807) is 0 Å². The van der Waals surface area contributed by atoms with Gasteiger partial charge in [-0.3, -0.25) is 0 Å². The summed E-state index contributed by atoms with van der Waals surface area (Å²) in [7, 11) is 0. The first-order valence-electron chi connectivity index (χ1n) is 5.53. The van der Waals surface area contributed by atoms with Gasteiger partial charge in [0.15, 0.2) is 0 Å². The summed E-state index contributed by atoms with van der Waals surface area (Å²) in [6.45, 7) is 5.83. The average molecular weight is 182 g/mol. The SMILES string of the molecule is C=CCCC1CCCC(O)(CC)C1. The molecule has 1 N–H and O–H groups in total. The van der Waals surface area contributed by atoms with E-state index < -0.39 is 0 Å². The van der Waals surface area contributed by atoms with Gasteiger partial charge >= 0.3 is 0 Å². The van der Waals surface area contributed by atoms with E-state index in [1.807, 2.05) is 6.08 Å². The van der Waals surface area contributed by atoms with Gasteiger partial charge in [-0.2, -0.15) is 0 Å². The van der Waals surface area contributed by atoms with Crippen LogP contribution in [-0.2, 0) is 0 Å². The molecule has 0 heterocycles. The van der Waals surface area contributed by atoms with Crippen molar-refractivity contribution in [3.63, 3.8) is 0 Å². The van der Waals surface area contributed by atoms with E-state index in [1.165, 1.54) is 19.3 Å².